The Balaban J connectivity index is 1.65. The van der Waals surface area contributed by atoms with Crippen molar-refractivity contribution in [3.63, 3.8) is 0 Å². The minimum Gasteiger partial charge on any atom is -0.387 e. The van der Waals surface area contributed by atoms with Gasteiger partial charge in [0.2, 0.25) is 5.13 Å². The van der Waals surface area contributed by atoms with Crippen LogP contribution < -0.4 is 5.32 Å². The number of nitrogens with zero attached hydrogens (tertiary/aromatic N) is 2. The van der Waals surface area contributed by atoms with Gasteiger partial charge in [-0.2, -0.15) is 21.1 Å². The molecule has 2 heterocycles. The lowest BCUT2D eigenvalue weighted by molar-refractivity contribution is 0.0820. The van der Waals surface area contributed by atoms with Gasteiger partial charge in [-0.15, -0.1) is 0 Å². The van der Waals surface area contributed by atoms with Gasteiger partial charge in [-0.05, 0) is 12.2 Å². The number of aliphatic hydroxyl groups is 1. The van der Waals surface area contributed by atoms with Crippen molar-refractivity contribution >= 4 is 28.4 Å². The number of nitrogens with one attached hydrogen (secondary N) is 1. The molecular formula is C13H15N3OS2. The van der Waals surface area contributed by atoms with Crippen LogP contribution in [0.2, 0.25) is 0 Å². The van der Waals surface area contributed by atoms with E-state index in [0.717, 1.165) is 34.4 Å². The van der Waals surface area contributed by atoms with E-state index in [1.54, 1.807) is 11.8 Å². The van der Waals surface area contributed by atoms with Crippen molar-refractivity contribution in [1.29, 1.82) is 0 Å². The summed E-state index contributed by atoms with van der Waals surface area (Å²) in [5.41, 5.74) is 0.422. The first kappa shape index (κ1) is 12.9. The molecule has 1 fully saturated rings. The second-order valence-corrected chi connectivity index (χ2v) is 6.53. The van der Waals surface area contributed by atoms with Gasteiger partial charge < -0.3 is 10.4 Å². The molecule has 0 bridgehead atoms. The molecule has 1 aromatic carbocycles. The van der Waals surface area contributed by atoms with E-state index in [1.807, 2.05) is 30.3 Å². The van der Waals surface area contributed by atoms with Gasteiger partial charge in [0, 0.05) is 29.4 Å². The van der Waals surface area contributed by atoms with Crippen LogP contribution in [0.15, 0.2) is 30.3 Å². The van der Waals surface area contributed by atoms with Crippen LogP contribution in [0.1, 0.15) is 6.42 Å². The van der Waals surface area contributed by atoms with Crippen molar-refractivity contribution in [1.82, 2.24) is 9.36 Å². The molecule has 4 nitrogen and oxygen atoms in total. The van der Waals surface area contributed by atoms with Crippen molar-refractivity contribution in [2.24, 2.45) is 0 Å². The summed E-state index contributed by atoms with van der Waals surface area (Å²) in [4.78, 5) is 4.45. The molecule has 1 aromatic heterocycles. The zero-order valence-electron chi connectivity index (χ0n) is 10.4. The zero-order chi connectivity index (χ0) is 13.1. The standard InChI is InChI=1S/C13H15N3OS2/c17-13(6-7-18-9-13)8-14-12-15-11(16-19-12)10-4-2-1-3-5-10/h1-5,17H,6-9H2,(H,14,15,16)/t13-/m0/s1. The Labute approximate surface area is 120 Å². The third-order valence-electron chi connectivity index (χ3n) is 3.11. The van der Waals surface area contributed by atoms with E-state index < -0.39 is 5.60 Å². The summed E-state index contributed by atoms with van der Waals surface area (Å²) < 4.78 is 4.34. The quantitative estimate of drug-likeness (QED) is 0.907. The Morgan fingerprint density at radius 1 is 1.32 bits per heavy atom. The predicted octanol–water partition coefficient (Wildman–Crippen LogP) is 2.49. The molecule has 0 saturated carbocycles. The molecule has 1 atom stereocenters. The van der Waals surface area contributed by atoms with Crippen molar-refractivity contribution in [2.75, 3.05) is 23.4 Å². The molecule has 1 aliphatic heterocycles. The Bertz CT molecular complexity index is 538. The van der Waals surface area contributed by atoms with Crippen molar-refractivity contribution in [3.8, 4) is 11.4 Å². The van der Waals surface area contributed by atoms with Crippen molar-refractivity contribution in [2.45, 2.75) is 12.0 Å². The Morgan fingerprint density at radius 3 is 2.89 bits per heavy atom. The van der Waals surface area contributed by atoms with Crippen LogP contribution in [0.5, 0.6) is 0 Å². The monoisotopic (exact) mass is 293 g/mol. The first-order valence-corrected chi connectivity index (χ1v) is 8.11. The molecule has 2 N–H and O–H groups in total. The van der Waals surface area contributed by atoms with Crippen LogP contribution in [0.3, 0.4) is 0 Å². The lowest BCUT2D eigenvalue weighted by Gasteiger charge is -2.20. The first-order valence-electron chi connectivity index (χ1n) is 6.18. The van der Waals surface area contributed by atoms with Crippen molar-refractivity contribution in [3.05, 3.63) is 30.3 Å². The van der Waals surface area contributed by atoms with E-state index >= 15 is 0 Å². The van der Waals surface area contributed by atoms with Gasteiger partial charge in [-0.1, -0.05) is 30.3 Å². The number of thioether (sulfide) groups is 1. The maximum Gasteiger partial charge on any atom is 0.202 e. The zero-order valence-corrected chi connectivity index (χ0v) is 12.0. The summed E-state index contributed by atoms with van der Waals surface area (Å²) in [5, 5.41) is 14.2. The molecule has 2 aromatic rings. The van der Waals surface area contributed by atoms with Gasteiger partial charge in [-0.25, -0.2) is 0 Å². The van der Waals surface area contributed by atoms with Gasteiger partial charge in [0.15, 0.2) is 5.82 Å². The average Bonchev–Trinajstić information content (AvgIpc) is 3.07. The number of aromatic nitrogens is 2. The molecular weight excluding hydrogens is 278 g/mol. The summed E-state index contributed by atoms with van der Waals surface area (Å²) >= 11 is 3.13. The minimum atomic E-state index is -0.594. The molecule has 1 saturated heterocycles. The lowest BCUT2D eigenvalue weighted by Crippen LogP contribution is -2.36. The molecule has 100 valence electrons. The van der Waals surface area contributed by atoms with E-state index in [0.29, 0.717) is 6.54 Å². The highest BCUT2D eigenvalue weighted by Gasteiger charge is 2.31. The summed E-state index contributed by atoms with van der Waals surface area (Å²) in [6.45, 7) is 0.545. The van der Waals surface area contributed by atoms with Gasteiger partial charge in [0.05, 0.1) is 5.60 Å². The molecule has 0 aliphatic carbocycles. The third kappa shape index (κ3) is 3.08. The number of rotatable bonds is 4. The highest BCUT2D eigenvalue weighted by Crippen LogP contribution is 2.28. The number of benzene rings is 1. The molecule has 0 amide bonds. The fourth-order valence-electron chi connectivity index (χ4n) is 1.98. The van der Waals surface area contributed by atoms with E-state index in [2.05, 4.69) is 14.7 Å². The Morgan fingerprint density at radius 2 is 2.16 bits per heavy atom. The predicted molar refractivity (Wildman–Crippen MR) is 80.7 cm³/mol. The third-order valence-corrected chi connectivity index (χ3v) is 5.02. The smallest absolute Gasteiger partial charge is 0.202 e. The number of hydrogen-bond donors (Lipinski definition) is 2. The van der Waals surface area contributed by atoms with Crippen LogP contribution in [-0.2, 0) is 0 Å². The van der Waals surface area contributed by atoms with Crippen LogP contribution in [0.25, 0.3) is 11.4 Å². The van der Waals surface area contributed by atoms with Gasteiger partial charge in [-0.3, -0.25) is 0 Å². The largest absolute Gasteiger partial charge is 0.387 e. The molecule has 0 radical (unpaired) electrons. The summed E-state index contributed by atoms with van der Waals surface area (Å²) in [6, 6.07) is 9.91. The normalized spacial score (nSPS) is 22.6. The number of hydrogen-bond acceptors (Lipinski definition) is 6. The fourth-order valence-corrected chi connectivity index (χ4v) is 3.85. The van der Waals surface area contributed by atoms with Crippen LogP contribution in [0, 0.1) is 0 Å². The molecule has 0 spiro atoms. The highest BCUT2D eigenvalue weighted by atomic mass is 32.2. The van der Waals surface area contributed by atoms with Crippen LogP contribution >= 0.6 is 23.3 Å². The SMILES string of the molecule is O[C@]1(CNc2nc(-c3ccccc3)ns2)CCSC1. The molecule has 3 rings (SSSR count). The van der Waals surface area contributed by atoms with Gasteiger partial charge >= 0.3 is 0 Å². The molecule has 6 heteroatoms. The van der Waals surface area contributed by atoms with Crippen LogP contribution in [-0.4, -0.2) is 38.1 Å². The van der Waals surface area contributed by atoms with E-state index in [4.69, 9.17) is 0 Å². The maximum atomic E-state index is 10.2. The fraction of sp³-hybridized carbons (Fsp3) is 0.385. The molecule has 1 aliphatic rings. The topological polar surface area (TPSA) is 58.0 Å². The summed E-state index contributed by atoms with van der Waals surface area (Å²) in [7, 11) is 0. The van der Waals surface area contributed by atoms with Crippen LogP contribution in [0.4, 0.5) is 5.13 Å². The molecule has 19 heavy (non-hydrogen) atoms. The second kappa shape index (κ2) is 5.48. The van der Waals surface area contributed by atoms with Crippen molar-refractivity contribution < 1.29 is 5.11 Å². The van der Waals surface area contributed by atoms with E-state index in [-0.39, 0.29) is 0 Å². The Hall–Kier alpha value is -1.11. The minimum absolute atomic E-state index is 0.545. The van der Waals surface area contributed by atoms with E-state index in [9.17, 15) is 5.11 Å². The van der Waals surface area contributed by atoms with E-state index in [1.165, 1.54) is 11.5 Å². The average molecular weight is 293 g/mol. The maximum absolute atomic E-state index is 10.2. The van der Waals surface area contributed by atoms with Gasteiger partial charge in [0.25, 0.3) is 0 Å². The first-order chi connectivity index (χ1) is 9.25. The highest BCUT2D eigenvalue weighted by molar-refractivity contribution is 7.99. The summed E-state index contributed by atoms with van der Waals surface area (Å²) in [5.74, 6) is 2.56. The van der Waals surface area contributed by atoms with Gasteiger partial charge in [0.1, 0.15) is 0 Å². The molecule has 0 unspecified atom stereocenters. The number of anilines is 1. The lowest BCUT2D eigenvalue weighted by atomic mass is 10.0. The Kier molecular flexibility index (Phi) is 3.72. The summed E-state index contributed by atoms with van der Waals surface area (Å²) in [6.07, 6.45) is 0.842. The second-order valence-electron chi connectivity index (χ2n) is 4.67.